The Morgan fingerprint density at radius 1 is 0.706 bits per heavy atom. The second-order valence-corrected chi connectivity index (χ2v) is 6.41. The molecule has 0 saturated carbocycles. The van der Waals surface area contributed by atoms with Crippen LogP contribution in [0.4, 0.5) is 0 Å². The van der Waals surface area contributed by atoms with E-state index in [0.29, 0.717) is 0 Å². The highest BCUT2D eigenvalue weighted by Gasteiger charge is 2.03. The van der Waals surface area contributed by atoms with Gasteiger partial charge in [-0.3, -0.25) is 0 Å². The van der Waals surface area contributed by atoms with Gasteiger partial charge in [0.05, 0.1) is 0 Å². The van der Waals surface area contributed by atoms with Crippen LogP contribution in [0, 0.1) is 20.8 Å². The molecule has 0 nitrogen and oxygen atoms in total. The summed E-state index contributed by atoms with van der Waals surface area (Å²) in [6.45, 7) is 6.47. The summed E-state index contributed by atoms with van der Waals surface area (Å²) in [6.07, 6.45) is 0. The molecule has 2 aromatic rings. The van der Waals surface area contributed by atoms with Crippen molar-refractivity contribution in [2.75, 3.05) is 0 Å². The van der Waals surface area contributed by atoms with Crippen molar-refractivity contribution in [3.8, 4) is 0 Å². The molecule has 0 unspecified atom stereocenters. The Morgan fingerprint density at radius 2 is 1.35 bits per heavy atom. The Labute approximate surface area is 111 Å². The number of hydrogen-bond acceptors (Lipinski definition) is 2. The molecule has 0 spiro atoms. The third-order valence-electron chi connectivity index (χ3n) is 2.65. The normalized spacial score (nSPS) is 10.5. The van der Waals surface area contributed by atoms with Crippen LogP contribution in [-0.2, 0) is 0 Å². The molecule has 0 amide bonds. The van der Waals surface area contributed by atoms with Crippen LogP contribution in [0.5, 0.6) is 0 Å². The summed E-state index contributed by atoms with van der Waals surface area (Å²) in [4.78, 5) is 2.70. The Balaban J connectivity index is 2.10. The molecule has 0 saturated heterocycles. The largest absolute Gasteiger partial charge is 0.0619 e. The van der Waals surface area contributed by atoms with Gasteiger partial charge in [-0.1, -0.05) is 57.5 Å². The third kappa shape index (κ3) is 3.30. The lowest BCUT2D eigenvalue weighted by atomic mass is 10.2. The minimum absolute atomic E-state index is 1.33. The van der Waals surface area contributed by atoms with Crippen molar-refractivity contribution in [2.24, 2.45) is 0 Å². The van der Waals surface area contributed by atoms with Crippen LogP contribution in [0.2, 0.25) is 0 Å². The van der Waals surface area contributed by atoms with E-state index in [4.69, 9.17) is 0 Å². The SMILES string of the molecule is Cc1ccc(SSc2ccccc2C)c(C)c1. The fourth-order valence-electron chi connectivity index (χ4n) is 1.63. The topological polar surface area (TPSA) is 0 Å². The number of hydrogen-bond donors (Lipinski definition) is 0. The quantitative estimate of drug-likeness (QED) is 0.677. The molecule has 0 heterocycles. The number of benzene rings is 2. The van der Waals surface area contributed by atoms with Crippen molar-refractivity contribution in [1.82, 2.24) is 0 Å². The first-order valence-electron chi connectivity index (χ1n) is 5.64. The highest BCUT2D eigenvalue weighted by Crippen LogP contribution is 2.40. The van der Waals surface area contributed by atoms with Crippen molar-refractivity contribution in [3.63, 3.8) is 0 Å². The highest BCUT2D eigenvalue weighted by atomic mass is 33.1. The summed E-state index contributed by atoms with van der Waals surface area (Å²) < 4.78 is 0. The standard InChI is InChI=1S/C15H16S2/c1-11-8-9-15(13(3)10-11)17-16-14-7-5-4-6-12(14)2/h4-10H,1-3H3. The summed E-state index contributed by atoms with van der Waals surface area (Å²) in [7, 11) is 3.68. The molecule has 0 atom stereocenters. The molecule has 2 aromatic carbocycles. The minimum Gasteiger partial charge on any atom is -0.0619 e. The monoisotopic (exact) mass is 260 g/mol. The average molecular weight is 260 g/mol. The molecule has 2 heteroatoms. The van der Waals surface area contributed by atoms with E-state index in [9.17, 15) is 0 Å². The van der Waals surface area contributed by atoms with Gasteiger partial charge in [0.25, 0.3) is 0 Å². The van der Waals surface area contributed by atoms with Crippen LogP contribution in [0.15, 0.2) is 52.3 Å². The van der Waals surface area contributed by atoms with Gasteiger partial charge < -0.3 is 0 Å². The van der Waals surface area contributed by atoms with E-state index in [1.807, 2.05) is 21.6 Å². The Kier molecular flexibility index (Phi) is 4.19. The van der Waals surface area contributed by atoms with Gasteiger partial charge >= 0.3 is 0 Å². The zero-order valence-electron chi connectivity index (χ0n) is 10.4. The summed E-state index contributed by atoms with van der Waals surface area (Å²) in [5.74, 6) is 0. The van der Waals surface area contributed by atoms with Crippen LogP contribution >= 0.6 is 21.6 Å². The van der Waals surface area contributed by atoms with Crippen molar-refractivity contribution in [2.45, 2.75) is 30.6 Å². The van der Waals surface area contributed by atoms with E-state index >= 15 is 0 Å². The molecule has 0 radical (unpaired) electrons. The van der Waals surface area contributed by atoms with Gasteiger partial charge in [0.1, 0.15) is 0 Å². The fraction of sp³-hybridized carbons (Fsp3) is 0.200. The van der Waals surface area contributed by atoms with Gasteiger partial charge in [0, 0.05) is 9.79 Å². The first kappa shape index (κ1) is 12.6. The van der Waals surface area contributed by atoms with Gasteiger partial charge in [-0.25, -0.2) is 0 Å². The maximum Gasteiger partial charge on any atom is 0.0215 e. The number of aryl methyl sites for hydroxylation is 3. The van der Waals surface area contributed by atoms with E-state index in [0.717, 1.165) is 0 Å². The molecular weight excluding hydrogens is 244 g/mol. The third-order valence-corrected chi connectivity index (χ3v) is 5.33. The lowest BCUT2D eigenvalue weighted by molar-refractivity contribution is 1.27. The van der Waals surface area contributed by atoms with E-state index < -0.39 is 0 Å². The molecule has 0 bridgehead atoms. The first-order chi connectivity index (χ1) is 8.16. The van der Waals surface area contributed by atoms with Gasteiger partial charge in [-0.15, -0.1) is 0 Å². The van der Waals surface area contributed by atoms with Gasteiger partial charge in [-0.05, 0) is 44.0 Å². The second kappa shape index (κ2) is 5.65. The lowest BCUT2D eigenvalue weighted by Gasteiger charge is -2.07. The zero-order chi connectivity index (χ0) is 12.3. The smallest absolute Gasteiger partial charge is 0.0215 e. The first-order valence-corrected chi connectivity index (χ1v) is 7.79. The van der Waals surface area contributed by atoms with E-state index in [-0.39, 0.29) is 0 Å². The fourth-order valence-corrected chi connectivity index (χ4v) is 4.12. The molecule has 0 aliphatic rings. The highest BCUT2D eigenvalue weighted by molar-refractivity contribution is 8.76. The lowest BCUT2D eigenvalue weighted by Crippen LogP contribution is -1.80. The van der Waals surface area contributed by atoms with Crippen LogP contribution in [-0.4, -0.2) is 0 Å². The van der Waals surface area contributed by atoms with E-state index in [1.54, 1.807) is 0 Å². The molecule has 88 valence electrons. The van der Waals surface area contributed by atoms with Crippen molar-refractivity contribution < 1.29 is 0 Å². The molecule has 2 rings (SSSR count). The van der Waals surface area contributed by atoms with Crippen molar-refractivity contribution in [1.29, 1.82) is 0 Å². The van der Waals surface area contributed by atoms with Crippen LogP contribution < -0.4 is 0 Å². The zero-order valence-corrected chi connectivity index (χ0v) is 12.0. The predicted molar refractivity (Wildman–Crippen MR) is 78.8 cm³/mol. The van der Waals surface area contributed by atoms with E-state index in [1.165, 1.54) is 26.5 Å². The van der Waals surface area contributed by atoms with Crippen molar-refractivity contribution in [3.05, 3.63) is 59.2 Å². The molecular formula is C15H16S2. The Morgan fingerprint density at radius 3 is 2.00 bits per heavy atom. The van der Waals surface area contributed by atoms with Crippen molar-refractivity contribution >= 4 is 21.6 Å². The van der Waals surface area contributed by atoms with Crippen LogP contribution in [0.3, 0.4) is 0 Å². The van der Waals surface area contributed by atoms with Gasteiger partial charge in [-0.2, -0.15) is 0 Å². The Bertz CT molecular complexity index is 518. The molecule has 0 fully saturated rings. The molecule has 0 aliphatic carbocycles. The minimum atomic E-state index is 1.33. The summed E-state index contributed by atoms with van der Waals surface area (Å²) in [5, 5.41) is 0. The molecule has 0 aromatic heterocycles. The van der Waals surface area contributed by atoms with Gasteiger partial charge in [0.2, 0.25) is 0 Å². The summed E-state index contributed by atoms with van der Waals surface area (Å²) in [5.41, 5.74) is 4.03. The van der Waals surface area contributed by atoms with Crippen LogP contribution in [0.25, 0.3) is 0 Å². The van der Waals surface area contributed by atoms with Gasteiger partial charge in [0.15, 0.2) is 0 Å². The average Bonchev–Trinajstić information content (AvgIpc) is 2.30. The predicted octanol–water partition coefficient (Wildman–Crippen LogP) is 5.41. The maximum absolute atomic E-state index is 2.24. The number of rotatable bonds is 3. The summed E-state index contributed by atoms with van der Waals surface area (Å²) in [6, 6.07) is 15.1. The maximum atomic E-state index is 2.24. The summed E-state index contributed by atoms with van der Waals surface area (Å²) >= 11 is 0. The Hall–Kier alpha value is -0.860. The molecule has 0 aliphatic heterocycles. The molecule has 17 heavy (non-hydrogen) atoms. The van der Waals surface area contributed by atoms with Crippen LogP contribution in [0.1, 0.15) is 16.7 Å². The molecule has 0 N–H and O–H groups in total. The second-order valence-electron chi connectivity index (χ2n) is 4.20. The van der Waals surface area contributed by atoms with E-state index in [2.05, 4.69) is 63.2 Å².